The van der Waals surface area contributed by atoms with Gasteiger partial charge in [-0.15, -0.1) is 0 Å². The van der Waals surface area contributed by atoms with E-state index in [9.17, 15) is 0 Å². The maximum Gasteiger partial charge on any atom is 0.0332 e. The zero-order chi connectivity index (χ0) is 15.5. The van der Waals surface area contributed by atoms with Crippen LogP contribution in [0.3, 0.4) is 0 Å². The van der Waals surface area contributed by atoms with Gasteiger partial charge in [0.2, 0.25) is 0 Å². The van der Waals surface area contributed by atoms with Gasteiger partial charge in [-0.05, 0) is 68.7 Å². The second-order valence-corrected chi connectivity index (χ2v) is 8.43. The number of hydrogen-bond acceptors (Lipinski definition) is 2. The van der Waals surface area contributed by atoms with Crippen molar-refractivity contribution < 1.29 is 0 Å². The van der Waals surface area contributed by atoms with Gasteiger partial charge in [-0.2, -0.15) is 0 Å². The van der Waals surface area contributed by atoms with Gasteiger partial charge in [-0.1, -0.05) is 34.1 Å². The Hall–Kier alpha value is -0.0800. The van der Waals surface area contributed by atoms with Gasteiger partial charge in [-0.3, -0.25) is 4.90 Å². The first kappa shape index (κ1) is 17.3. The van der Waals surface area contributed by atoms with Gasteiger partial charge in [0.25, 0.3) is 0 Å². The standard InChI is InChI=1S/C19H38N2/c1-5-13-21(14-16-7-8-16)19(15-20)11-9-17(10-12-19)18(3,4)6-2/h16-17H,5-15,20H2,1-4H3. The number of hydrogen-bond donors (Lipinski definition) is 1. The van der Waals surface area contributed by atoms with E-state index in [0.29, 0.717) is 11.0 Å². The fourth-order valence-corrected chi connectivity index (χ4v) is 4.28. The van der Waals surface area contributed by atoms with E-state index in [2.05, 4.69) is 32.6 Å². The van der Waals surface area contributed by atoms with Crippen molar-refractivity contribution in [3.63, 3.8) is 0 Å². The number of nitrogens with two attached hydrogens (primary N) is 1. The summed E-state index contributed by atoms with van der Waals surface area (Å²) in [5, 5.41) is 0. The minimum absolute atomic E-state index is 0.318. The summed E-state index contributed by atoms with van der Waals surface area (Å²) in [5.74, 6) is 1.87. The molecule has 0 aromatic rings. The third-order valence-corrected chi connectivity index (χ3v) is 6.65. The van der Waals surface area contributed by atoms with Crippen molar-refractivity contribution >= 4 is 0 Å². The molecule has 2 saturated carbocycles. The summed E-state index contributed by atoms with van der Waals surface area (Å²) >= 11 is 0. The second kappa shape index (κ2) is 7.00. The molecule has 0 aromatic heterocycles. The summed E-state index contributed by atoms with van der Waals surface area (Å²) in [6.45, 7) is 13.0. The highest BCUT2D eigenvalue weighted by molar-refractivity contribution is 4.99. The van der Waals surface area contributed by atoms with Crippen molar-refractivity contribution in [3.8, 4) is 0 Å². The van der Waals surface area contributed by atoms with Gasteiger partial charge in [0, 0.05) is 18.6 Å². The first-order chi connectivity index (χ1) is 9.97. The van der Waals surface area contributed by atoms with Crippen LogP contribution in [-0.4, -0.2) is 30.1 Å². The minimum Gasteiger partial charge on any atom is -0.329 e. The summed E-state index contributed by atoms with van der Waals surface area (Å²) in [6, 6.07) is 0. The minimum atomic E-state index is 0.318. The summed E-state index contributed by atoms with van der Waals surface area (Å²) < 4.78 is 0. The van der Waals surface area contributed by atoms with Crippen molar-refractivity contribution in [1.29, 1.82) is 0 Å². The van der Waals surface area contributed by atoms with Gasteiger partial charge in [-0.25, -0.2) is 0 Å². The van der Waals surface area contributed by atoms with Crippen molar-refractivity contribution in [2.24, 2.45) is 23.0 Å². The van der Waals surface area contributed by atoms with Gasteiger partial charge >= 0.3 is 0 Å². The Balaban J connectivity index is 2.01. The molecule has 2 heteroatoms. The van der Waals surface area contributed by atoms with E-state index < -0.39 is 0 Å². The largest absolute Gasteiger partial charge is 0.329 e. The molecule has 21 heavy (non-hydrogen) atoms. The van der Waals surface area contributed by atoms with Crippen LogP contribution in [0.5, 0.6) is 0 Å². The maximum absolute atomic E-state index is 6.31. The first-order valence-electron chi connectivity index (χ1n) is 9.42. The van der Waals surface area contributed by atoms with Crippen LogP contribution < -0.4 is 5.73 Å². The SMILES string of the molecule is CCCN(CC1CC1)C1(CN)CCC(C(C)(C)CC)CC1. The van der Waals surface area contributed by atoms with Crippen LogP contribution in [0.15, 0.2) is 0 Å². The Kier molecular flexibility index (Phi) is 5.76. The van der Waals surface area contributed by atoms with Gasteiger partial charge in [0.05, 0.1) is 0 Å². The molecule has 0 unspecified atom stereocenters. The average Bonchev–Trinajstić information content (AvgIpc) is 3.31. The quantitative estimate of drug-likeness (QED) is 0.717. The molecule has 2 aliphatic carbocycles. The Labute approximate surface area is 132 Å². The molecule has 0 atom stereocenters. The van der Waals surface area contributed by atoms with Gasteiger partial charge < -0.3 is 5.73 Å². The van der Waals surface area contributed by atoms with Crippen LogP contribution in [0.4, 0.5) is 0 Å². The van der Waals surface area contributed by atoms with Crippen molar-refractivity contribution in [3.05, 3.63) is 0 Å². The molecule has 2 aliphatic rings. The Morgan fingerprint density at radius 2 is 1.71 bits per heavy atom. The van der Waals surface area contributed by atoms with Crippen molar-refractivity contribution in [2.45, 2.75) is 84.6 Å². The molecular weight excluding hydrogens is 256 g/mol. The fraction of sp³-hybridized carbons (Fsp3) is 1.00. The Morgan fingerprint density at radius 1 is 1.10 bits per heavy atom. The molecule has 0 amide bonds. The van der Waals surface area contributed by atoms with E-state index in [4.69, 9.17) is 5.73 Å². The van der Waals surface area contributed by atoms with Crippen LogP contribution in [0.25, 0.3) is 0 Å². The Bertz CT molecular complexity index is 312. The van der Waals surface area contributed by atoms with E-state index >= 15 is 0 Å². The topological polar surface area (TPSA) is 29.3 Å². The van der Waals surface area contributed by atoms with Crippen LogP contribution in [-0.2, 0) is 0 Å². The first-order valence-corrected chi connectivity index (χ1v) is 9.42. The average molecular weight is 295 g/mol. The smallest absolute Gasteiger partial charge is 0.0332 e. The highest BCUT2D eigenvalue weighted by Crippen LogP contribution is 2.46. The molecule has 0 spiro atoms. The predicted octanol–water partition coefficient (Wildman–Crippen LogP) is 4.43. The zero-order valence-electron chi connectivity index (χ0n) is 15.0. The predicted molar refractivity (Wildman–Crippen MR) is 92.4 cm³/mol. The second-order valence-electron chi connectivity index (χ2n) is 8.43. The lowest BCUT2D eigenvalue weighted by Crippen LogP contribution is -2.57. The lowest BCUT2D eigenvalue weighted by atomic mass is 9.65. The normalized spacial score (nSPS) is 30.9. The highest BCUT2D eigenvalue weighted by atomic mass is 15.2. The lowest BCUT2D eigenvalue weighted by molar-refractivity contribution is 0.0134. The third kappa shape index (κ3) is 4.01. The lowest BCUT2D eigenvalue weighted by Gasteiger charge is -2.50. The van der Waals surface area contributed by atoms with E-state index in [1.807, 2.05) is 0 Å². The molecule has 2 N–H and O–H groups in total. The van der Waals surface area contributed by atoms with E-state index in [0.717, 1.165) is 18.4 Å². The van der Waals surface area contributed by atoms with Crippen LogP contribution >= 0.6 is 0 Å². The summed E-state index contributed by atoms with van der Waals surface area (Å²) in [7, 11) is 0. The van der Waals surface area contributed by atoms with Gasteiger partial charge in [0.15, 0.2) is 0 Å². The number of nitrogens with zero attached hydrogens (tertiary/aromatic N) is 1. The van der Waals surface area contributed by atoms with Crippen LogP contribution in [0.2, 0.25) is 0 Å². The molecule has 0 radical (unpaired) electrons. The van der Waals surface area contributed by atoms with E-state index in [1.165, 1.54) is 64.5 Å². The molecule has 124 valence electrons. The summed E-state index contributed by atoms with van der Waals surface area (Å²) in [6.07, 6.45) is 10.9. The molecule has 2 rings (SSSR count). The molecule has 0 aromatic carbocycles. The third-order valence-electron chi connectivity index (χ3n) is 6.65. The van der Waals surface area contributed by atoms with Crippen molar-refractivity contribution in [1.82, 2.24) is 4.90 Å². The highest BCUT2D eigenvalue weighted by Gasteiger charge is 2.43. The van der Waals surface area contributed by atoms with Crippen LogP contribution in [0, 0.1) is 17.3 Å². The Morgan fingerprint density at radius 3 is 2.14 bits per heavy atom. The summed E-state index contributed by atoms with van der Waals surface area (Å²) in [5.41, 5.74) is 7.14. The fourth-order valence-electron chi connectivity index (χ4n) is 4.28. The monoisotopic (exact) mass is 294 g/mol. The molecule has 2 nitrogen and oxygen atoms in total. The zero-order valence-corrected chi connectivity index (χ0v) is 15.0. The van der Waals surface area contributed by atoms with Crippen LogP contribution in [0.1, 0.15) is 79.1 Å². The van der Waals surface area contributed by atoms with Crippen molar-refractivity contribution in [2.75, 3.05) is 19.6 Å². The molecule has 0 bridgehead atoms. The molecule has 0 aliphatic heterocycles. The van der Waals surface area contributed by atoms with E-state index in [-0.39, 0.29) is 0 Å². The number of rotatable bonds is 8. The summed E-state index contributed by atoms with van der Waals surface area (Å²) in [4.78, 5) is 2.79. The van der Waals surface area contributed by atoms with E-state index in [1.54, 1.807) is 0 Å². The van der Waals surface area contributed by atoms with Gasteiger partial charge in [0.1, 0.15) is 0 Å². The molecule has 0 saturated heterocycles. The molecule has 0 heterocycles. The molecular formula is C19H38N2. The maximum atomic E-state index is 6.31. The molecule has 2 fully saturated rings.